The van der Waals surface area contributed by atoms with E-state index < -0.39 is 11.7 Å². The van der Waals surface area contributed by atoms with Crippen molar-refractivity contribution in [3.05, 3.63) is 72.3 Å². The molecule has 0 nitrogen and oxygen atoms in total. The molecule has 3 heteroatoms. The molecule has 0 aliphatic carbocycles. The van der Waals surface area contributed by atoms with Crippen molar-refractivity contribution < 1.29 is 13.2 Å². The summed E-state index contributed by atoms with van der Waals surface area (Å²) in [6.45, 7) is 0. The van der Waals surface area contributed by atoms with Gasteiger partial charge < -0.3 is 0 Å². The number of alkyl halides is 3. The van der Waals surface area contributed by atoms with Crippen LogP contribution in [0.3, 0.4) is 0 Å². The number of hydrogen-bond acceptors (Lipinski definition) is 0. The maximum Gasteiger partial charge on any atom is 0.417 e. The molecule has 0 fully saturated rings. The molecule has 0 aliphatic heterocycles. The molecule has 100 valence electrons. The highest BCUT2D eigenvalue weighted by molar-refractivity contribution is 5.89. The SMILES string of the molecule is FC(F)(F)c1cc2ccccc2cc1-c1ccccc1. The summed E-state index contributed by atoms with van der Waals surface area (Å²) in [7, 11) is 0. The molecule has 0 radical (unpaired) electrons. The lowest BCUT2D eigenvalue weighted by Crippen LogP contribution is -2.07. The zero-order valence-corrected chi connectivity index (χ0v) is 10.5. The van der Waals surface area contributed by atoms with Crippen LogP contribution in [-0.2, 0) is 6.18 Å². The minimum absolute atomic E-state index is 0.219. The molecule has 0 unspecified atom stereocenters. The van der Waals surface area contributed by atoms with Gasteiger partial charge in [-0.25, -0.2) is 0 Å². The van der Waals surface area contributed by atoms with Gasteiger partial charge in [0.05, 0.1) is 5.56 Å². The summed E-state index contributed by atoms with van der Waals surface area (Å²) in [5.74, 6) is 0. The first-order valence-electron chi connectivity index (χ1n) is 6.21. The molecule has 3 aromatic carbocycles. The van der Waals surface area contributed by atoms with Crippen LogP contribution >= 0.6 is 0 Å². The minimum Gasteiger partial charge on any atom is -0.166 e. The Labute approximate surface area is 114 Å². The van der Waals surface area contributed by atoms with E-state index >= 15 is 0 Å². The van der Waals surface area contributed by atoms with Gasteiger partial charge in [-0.05, 0) is 34.0 Å². The van der Waals surface area contributed by atoms with E-state index in [0.717, 1.165) is 5.39 Å². The summed E-state index contributed by atoms with van der Waals surface area (Å²) < 4.78 is 39.8. The summed E-state index contributed by atoms with van der Waals surface area (Å²) in [5, 5.41) is 1.40. The van der Waals surface area contributed by atoms with Gasteiger partial charge in [-0.2, -0.15) is 13.2 Å². The van der Waals surface area contributed by atoms with Gasteiger partial charge in [-0.15, -0.1) is 0 Å². The Bertz CT molecular complexity index is 743. The Kier molecular flexibility index (Phi) is 2.97. The van der Waals surface area contributed by atoms with Crippen molar-refractivity contribution in [2.45, 2.75) is 6.18 Å². The van der Waals surface area contributed by atoms with E-state index in [0.29, 0.717) is 10.9 Å². The second-order valence-corrected chi connectivity index (χ2v) is 4.61. The molecule has 0 aromatic heterocycles. The number of fused-ring (bicyclic) bond motifs is 1. The quantitative estimate of drug-likeness (QED) is 0.546. The molecule has 0 saturated heterocycles. The van der Waals surface area contributed by atoms with Crippen LogP contribution < -0.4 is 0 Å². The second kappa shape index (κ2) is 4.67. The van der Waals surface area contributed by atoms with Gasteiger partial charge in [0.2, 0.25) is 0 Å². The second-order valence-electron chi connectivity index (χ2n) is 4.61. The Morgan fingerprint density at radius 2 is 1.20 bits per heavy atom. The van der Waals surface area contributed by atoms with Crippen molar-refractivity contribution in [2.75, 3.05) is 0 Å². The molecule has 0 N–H and O–H groups in total. The first kappa shape index (κ1) is 12.7. The van der Waals surface area contributed by atoms with E-state index in [2.05, 4.69) is 0 Å². The van der Waals surface area contributed by atoms with Gasteiger partial charge in [0, 0.05) is 0 Å². The van der Waals surface area contributed by atoms with Crippen molar-refractivity contribution in [3.8, 4) is 11.1 Å². The van der Waals surface area contributed by atoms with Crippen molar-refractivity contribution in [3.63, 3.8) is 0 Å². The first-order valence-corrected chi connectivity index (χ1v) is 6.21. The minimum atomic E-state index is -4.37. The Morgan fingerprint density at radius 1 is 0.650 bits per heavy atom. The van der Waals surface area contributed by atoms with E-state index in [1.54, 1.807) is 48.5 Å². The summed E-state index contributed by atoms with van der Waals surface area (Å²) in [5.41, 5.74) is 0.199. The number of benzene rings is 3. The zero-order valence-electron chi connectivity index (χ0n) is 10.5. The van der Waals surface area contributed by atoms with Gasteiger partial charge in [0.1, 0.15) is 0 Å². The number of halogens is 3. The largest absolute Gasteiger partial charge is 0.417 e. The molecule has 0 heterocycles. The highest BCUT2D eigenvalue weighted by Crippen LogP contribution is 2.39. The normalized spacial score (nSPS) is 11.8. The zero-order chi connectivity index (χ0) is 14.2. The van der Waals surface area contributed by atoms with Crippen LogP contribution in [0.25, 0.3) is 21.9 Å². The third-order valence-corrected chi connectivity index (χ3v) is 3.28. The van der Waals surface area contributed by atoms with Gasteiger partial charge in [-0.1, -0.05) is 54.6 Å². The highest BCUT2D eigenvalue weighted by atomic mass is 19.4. The van der Waals surface area contributed by atoms with E-state index in [9.17, 15) is 13.2 Å². The predicted molar refractivity (Wildman–Crippen MR) is 74.4 cm³/mol. The van der Waals surface area contributed by atoms with Crippen LogP contribution in [0, 0.1) is 0 Å². The lowest BCUT2D eigenvalue weighted by molar-refractivity contribution is -0.137. The van der Waals surface area contributed by atoms with Crippen molar-refractivity contribution in [2.24, 2.45) is 0 Å². The molecule has 0 amide bonds. The molecular formula is C17H11F3. The molecule has 0 saturated carbocycles. The Balaban J connectivity index is 2.33. The van der Waals surface area contributed by atoms with E-state index in [4.69, 9.17) is 0 Å². The fourth-order valence-corrected chi connectivity index (χ4v) is 2.33. The standard InChI is InChI=1S/C17H11F3/c18-17(19,20)16-11-14-9-5-4-8-13(14)10-15(16)12-6-2-1-3-7-12/h1-11H. The van der Waals surface area contributed by atoms with E-state index in [-0.39, 0.29) is 5.56 Å². The lowest BCUT2D eigenvalue weighted by Gasteiger charge is -2.14. The average molecular weight is 272 g/mol. The average Bonchev–Trinajstić information content (AvgIpc) is 2.46. The monoisotopic (exact) mass is 272 g/mol. The van der Waals surface area contributed by atoms with Crippen LogP contribution in [0.2, 0.25) is 0 Å². The fraction of sp³-hybridized carbons (Fsp3) is 0.0588. The van der Waals surface area contributed by atoms with E-state index in [1.165, 1.54) is 6.07 Å². The number of rotatable bonds is 1. The Hall–Kier alpha value is -2.29. The molecule has 0 aliphatic rings. The first-order chi connectivity index (χ1) is 9.55. The van der Waals surface area contributed by atoms with Crippen molar-refractivity contribution >= 4 is 10.8 Å². The summed E-state index contributed by atoms with van der Waals surface area (Å²) in [6, 6.07) is 18.6. The Morgan fingerprint density at radius 3 is 1.80 bits per heavy atom. The third-order valence-electron chi connectivity index (χ3n) is 3.28. The smallest absolute Gasteiger partial charge is 0.166 e. The van der Waals surface area contributed by atoms with Gasteiger partial charge >= 0.3 is 6.18 Å². The molecule has 3 rings (SSSR count). The number of hydrogen-bond donors (Lipinski definition) is 0. The van der Waals surface area contributed by atoms with Crippen LogP contribution in [0.15, 0.2) is 66.7 Å². The topological polar surface area (TPSA) is 0 Å². The molecule has 0 spiro atoms. The van der Waals surface area contributed by atoms with Gasteiger partial charge in [0.15, 0.2) is 0 Å². The van der Waals surface area contributed by atoms with Crippen molar-refractivity contribution in [1.82, 2.24) is 0 Å². The van der Waals surface area contributed by atoms with Crippen LogP contribution in [0.5, 0.6) is 0 Å². The highest BCUT2D eigenvalue weighted by Gasteiger charge is 2.33. The van der Waals surface area contributed by atoms with Gasteiger partial charge in [0.25, 0.3) is 0 Å². The summed E-state index contributed by atoms with van der Waals surface area (Å²) >= 11 is 0. The molecule has 20 heavy (non-hydrogen) atoms. The molecule has 0 bridgehead atoms. The predicted octanol–water partition coefficient (Wildman–Crippen LogP) is 5.53. The van der Waals surface area contributed by atoms with Crippen LogP contribution in [-0.4, -0.2) is 0 Å². The van der Waals surface area contributed by atoms with Gasteiger partial charge in [-0.3, -0.25) is 0 Å². The van der Waals surface area contributed by atoms with Crippen LogP contribution in [0.4, 0.5) is 13.2 Å². The van der Waals surface area contributed by atoms with Crippen LogP contribution in [0.1, 0.15) is 5.56 Å². The molecule has 3 aromatic rings. The molecular weight excluding hydrogens is 261 g/mol. The maximum absolute atomic E-state index is 13.3. The summed E-state index contributed by atoms with van der Waals surface area (Å²) in [6.07, 6.45) is -4.37. The van der Waals surface area contributed by atoms with Crippen molar-refractivity contribution in [1.29, 1.82) is 0 Å². The van der Waals surface area contributed by atoms with E-state index in [1.807, 2.05) is 12.1 Å². The fourth-order valence-electron chi connectivity index (χ4n) is 2.33. The lowest BCUT2D eigenvalue weighted by atomic mass is 9.95. The third kappa shape index (κ3) is 2.27. The molecule has 0 atom stereocenters. The maximum atomic E-state index is 13.3. The summed E-state index contributed by atoms with van der Waals surface area (Å²) in [4.78, 5) is 0.